The predicted octanol–water partition coefficient (Wildman–Crippen LogP) is 1.13. The molecule has 1 aromatic rings. The molecule has 118 valence electrons. The summed E-state index contributed by atoms with van der Waals surface area (Å²) in [5.41, 5.74) is 0. The largest absolute Gasteiger partial charge is 0.481 e. The molecule has 0 fully saturated rings. The number of carbonyl (C=O) groups is 2. The molecule has 21 heavy (non-hydrogen) atoms. The normalized spacial score (nSPS) is 12.1. The average molecular weight is 297 g/mol. The van der Waals surface area contributed by atoms with Gasteiger partial charge in [-0.15, -0.1) is 0 Å². The number of nitrogens with zero attached hydrogens (tertiary/aromatic N) is 2. The Bertz CT molecular complexity index is 433. The highest BCUT2D eigenvalue weighted by molar-refractivity contribution is 5.73. The zero-order valence-corrected chi connectivity index (χ0v) is 12.4. The number of hydrogen-bond acceptors (Lipinski definition) is 4. The first-order chi connectivity index (χ1) is 9.99. The molecule has 0 saturated heterocycles. The van der Waals surface area contributed by atoms with Crippen LogP contribution in [-0.4, -0.2) is 38.8 Å². The third-order valence-corrected chi connectivity index (χ3v) is 3.35. The highest BCUT2D eigenvalue weighted by Gasteiger charge is 2.15. The van der Waals surface area contributed by atoms with Gasteiger partial charge in [-0.2, -0.15) is 5.10 Å². The fourth-order valence-corrected chi connectivity index (χ4v) is 2.03. The lowest BCUT2D eigenvalue weighted by atomic mass is 9.88. The van der Waals surface area contributed by atoms with Crippen LogP contribution in [0, 0.1) is 11.8 Å². The quantitative estimate of drug-likeness (QED) is 0.544. The summed E-state index contributed by atoms with van der Waals surface area (Å²) in [6.45, 7) is 4.94. The molecule has 0 aliphatic heterocycles. The van der Waals surface area contributed by atoms with Crippen LogP contribution in [0.3, 0.4) is 0 Å². The zero-order valence-electron chi connectivity index (χ0n) is 12.4. The van der Waals surface area contributed by atoms with E-state index in [1.165, 1.54) is 6.33 Å². The number of carbonyl (C=O) groups excluding carboxylic acids is 1. The van der Waals surface area contributed by atoms with Crippen molar-refractivity contribution in [3.8, 4) is 0 Å². The van der Waals surface area contributed by atoms with Gasteiger partial charge in [0, 0.05) is 13.0 Å². The van der Waals surface area contributed by atoms with E-state index in [1.54, 1.807) is 0 Å². The number of H-pyrrole nitrogens is 1. The second kappa shape index (κ2) is 8.93. The number of amides is 2. The Labute approximate surface area is 123 Å². The molecule has 4 N–H and O–H groups in total. The third kappa shape index (κ3) is 7.28. The molecule has 8 nitrogen and oxygen atoms in total. The van der Waals surface area contributed by atoms with Gasteiger partial charge in [0.15, 0.2) is 0 Å². The van der Waals surface area contributed by atoms with Gasteiger partial charge in [0.05, 0.1) is 6.54 Å². The molecule has 0 spiro atoms. The van der Waals surface area contributed by atoms with Crippen LogP contribution in [0.4, 0.5) is 4.79 Å². The number of urea groups is 1. The lowest BCUT2D eigenvalue weighted by Crippen LogP contribution is -2.36. The Kier molecular flexibility index (Phi) is 7.20. The van der Waals surface area contributed by atoms with E-state index in [0.717, 1.165) is 6.42 Å². The zero-order chi connectivity index (χ0) is 15.7. The number of aliphatic carboxylic acids is 1. The maximum absolute atomic E-state index is 11.6. The highest BCUT2D eigenvalue weighted by atomic mass is 16.4. The number of nitrogens with one attached hydrogen (secondary N) is 3. The van der Waals surface area contributed by atoms with E-state index in [2.05, 4.69) is 39.7 Å². The van der Waals surface area contributed by atoms with Crippen LogP contribution in [0.15, 0.2) is 6.33 Å². The maximum atomic E-state index is 11.6. The summed E-state index contributed by atoms with van der Waals surface area (Å²) < 4.78 is 0. The molecule has 1 rings (SSSR count). The van der Waals surface area contributed by atoms with Crippen molar-refractivity contribution in [1.29, 1.82) is 0 Å². The van der Waals surface area contributed by atoms with Gasteiger partial charge in [-0.05, 0) is 24.7 Å². The molecule has 1 unspecified atom stereocenters. The average Bonchev–Trinajstić information content (AvgIpc) is 2.92. The smallest absolute Gasteiger partial charge is 0.315 e. The van der Waals surface area contributed by atoms with Gasteiger partial charge in [0.2, 0.25) is 0 Å². The van der Waals surface area contributed by atoms with Crippen LogP contribution in [0.2, 0.25) is 0 Å². The molecule has 1 aromatic heterocycles. The number of aromatic nitrogens is 3. The van der Waals surface area contributed by atoms with Crippen molar-refractivity contribution in [2.45, 2.75) is 39.7 Å². The standard InChI is InChI=1S/C13H23N5O3/c1-9(2)10(3-4-12(19)20)5-6-14-13(21)15-7-11-16-8-17-18-11/h8-10H,3-7H2,1-2H3,(H,19,20)(H2,14,15,21)(H,16,17,18). The van der Waals surface area contributed by atoms with Crippen LogP contribution >= 0.6 is 0 Å². The molecule has 8 heteroatoms. The van der Waals surface area contributed by atoms with Crippen molar-refractivity contribution >= 4 is 12.0 Å². The van der Waals surface area contributed by atoms with Crippen LogP contribution in [0.25, 0.3) is 0 Å². The molecular formula is C13H23N5O3. The molecule has 2 amide bonds. The summed E-state index contributed by atoms with van der Waals surface area (Å²) in [6, 6.07) is -0.271. The van der Waals surface area contributed by atoms with Crippen LogP contribution in [-0.2, 0) is 11.3 Å². The number of carboxylic acids is 1. The third-order valence-electron chi connectivity index (χ3n) is 3.35. The Morgan fingerprint density at radius 1 is 1.33 bits per heavy atom. The van der Waals surface area contributed by atoms with E-state index >= 15 is 0 Å². The van der Waals surface area contributed by atoms with Gasteiger partial charge in [-0.3, -0.25) is 9.89 Å². The number of rotatable bonds is 9. The van der Waals surface area contributed by atoms with E-state index in [1.807, 2.05) is 0 Å². The first kappa shape index (κ1) is 16.9. The summed E-state index contributed by atoms with van der Waals surface area (Å²) in [5, 5.41) is 20.5. The van der Waals surface area contributed by atoms with Crippen molar-refractivity contribution < 1.29 is 14.7 Å². The predicted molar refractivity (Wildman–Crippen MR) is 76.4 cm³/mol. The first-order valence-electron chi connectivity index (χ1n) is 7.06. The summed E-state index contributed by atoms with van der Waals surface area (Å²) in [4.78, 5) is 26.1. The summed E-state index contributed by atoms with van der Waals surface area (Å²) >= 11 is 0. The van der Waals surface area contributed by atoms with E-state index in [0.29, 0.717) is 31.3 Å². The molecule has 0 saturated carbocycles. The van der Waals surface area contributed by atoms with Gasteiger partial charge in [-0.25, -0.2) is 9.78 Å². The lowest BCUT2D eigenvalue weighted by Gasteiger charge is -2.20. The van der Waals surface area contributed by atoms with E-state index < -0.39 is 5.97 Å². The Morgan fingerprint density at radius 3 is 2.67 bits per heavy atom. The maximum Gasteiger partial charge on any atom is 0.315 e. The molecule has 1 atom stereocenters. The molecule has 1 heterocycles. The number of carboxylic acid groups (broad SMARTS) is 1. The minimum atomic E-state index is -0.779. The minimum absolute atomic E-state index is 0.167. The SMILES string of the molecule is CC(C)C(CCNC(=O)NCc1ncn[nH]1)CCC(=O)O. The van der Waals surface area contributed by atoms with E-state index in [4.69, 9.17) is 5.11 Å². The Hall–Kier alpha value is -2.12. The molecule has 0 aromatic carbocycles. The van der Waals surface area contributed by atoms with Crippen molar-refractivity contribution in [2.24, 2.45) is 11.8 Å². The topological polar surface area (TPSA) is 120 Å². The van der Waals surface area contributed by atoms with Gasteiger partial charge in [-0.1, -0.05) is 13.8 Å². The second-order valence-corrected chi connectivity index (χ2v) is 5.27. The van der Waals surface area contributed by atoms with E-state index in [-0.39, 0.29) is 18.4 Å². The lowest BCUT2D eigenvalue weighted by molar-refractivity contribution is -0.137. The fraction of sp³-hybridized carbons (Fsp3) is 0.692. The minimum Gasteiger partial charge on any atom is -0.481 e. The van der Waals surface area contributed by atoms with Gasteiger partial charge in [0.25, 0.3) is 0 Å². The first-order valence-corrected chi connectivity index (χ1v) is 7.06. The number of aromatic amines is 1. The van der Waals surface area contributed by atoms with Crippen molar-refractivity contribution in [2.75, 3.05) is 6.54 Å². The number of hydrogen-bond donors (Lipinski definition) is 4. The molecular weight excluding hydrogens is 274 g/mol. The molecule has 0 bridgehead atoms. The molecule has 0 aliphatic rings. The van der Waals surface area contributed by atoms with Crippen molar-refractivity contribution in [3.05, 3.63) is 12.2 Å². The monoisotopic (exact) mass is 297 g/mol. The molecule has 0 radical (unpaired) electrons. The summed E-state index contributed by atoms with van der Waals surface area (Å²) in [6.07, 6.45) is 2.94. The summed E-state index contributed by atoms with van der Waals surface area (Å²) in [7, 11) is 0. The molecule has 0 aliphatic carbocycles. The Morgan fingerprint density at radius 2 is 2.10 bits per heavy atom. The van der Waals surface area contributed by atoms with Gasteiger partial charge in [0.1, 0.15) is 12.2 Å². The van der Waals surface area contributed by atoms with Crippen LogP contribution in [0.1, 0.15) is 38.9 Å². The second-order valence-electron chi connectivity index (χ2n) is 5.27. The highest BCUT2D eigenvalue weighted by Crippen LogP contribution is 2.20. The van der Waals surface area contributed by atoms with Gasteiger partial charge < -0.3 is 15.7 Å². The Balaban J connectivity index is 2.20. The summed E-state index contributed by atoms with van der Waals surface area (Å²) in [5.74, 6) is 0.490. The van der Waals surface area contributed by atoms with Crippen LogP contribution in [0.5, 0.6) is 0 Å². The van der Waals surface area contributed by atoms with Crippen LogP contribution < -0.4 is 10.6 Å². The van der Waals surface area contributed by atoms with Crippen molar-refractivity contribution in [3.63, 3.8) is 0 Å². The van der Waals surface area contributed by atoms with Gasteiger partial charge >= 0.3 is 12.0 Å². The fourth-order valence-electron chi connectivity index (χ4n) is 2.03. The van der Waals surface area contributed by atoms with Crippen molar-refractivity contribution in [1.82, 2.24) is 25.8 Å². The van der Waals surface area contributed by atoms with E-state index in [9.17, 15) is 9.59 Å².